The van der Waals surface area contributed by atoms with Gasteiger partial charge in [-0.05, 0) is 36.6 Å². The van der Waals surface area contributed by atoms with Crippen molar-refractivity contribution in [2.45, 2.75) is 26.3 Å². The number of hydrogen-bond acceptors (Lipinski definition) is 6. The number of carbonyl (C=O) groups is 2. The molecule has 0 radical (unpaired) electrons. The van der Waals surface area contributed by atoms with Gasteiger partial charge in [-0.3, -0.25) is 4.79 Å². The van der Waals surface area contributed by atoms with Crippen LogP contribution in [0.3, 0.4) is 0 Å². The largest absolute Gasteiger partial charge is 0.454 e. The number of esters is 1. The summed E-state index contributed by atoms with van der Waals surface area (Å²) >= 11 is 0. The summed E-state index contributed by atoms with van der Waals surface area (Å²) < 4.78 is 5.15. The molecule has 2 aromatic carbocycles. The first-order valence-electron chi connectivity index (χ1n) is 9.49. The van der Waals surface area contributed by atoms with E-state index in [1.807, 2.05) is 55.5 Å². The highest BCUT2D eigenvalue weighted by molar-refractivity contribution is 5.96. The van der Waals surface area contributed by atoms with E-state index in [1.165, 1.54) is 0 Å². The first kappa shape index (κ1) is 18.8. The molecule has 3 aromatic rings. The van der Waals surface area contributed by atoms with Gasteiger partial charge in [0.25, 0.3) is 5.91 Å². The van der Waals surface area contributed by atoms with E-state index in [9.17, 15) is 9.59 Å². The second-order valence-electron chi connectivity index (χ2n) is 6.95. The SMILES string of the molecule is Cc1ccc(-c2nnn(CC(=O)OCC(=O)N3CCCc4ccccc43)n2)cc1. The van der Waals surface area contributed by atoms with Crippen molar-refractivity contribution >= 4 is 17.6 Å². The minimum atomic E-state index is -0.587. The maximum absolute atomic E-state index is 12.5. The number of anilines is 1. The van der Waals surface area contributed by atoms with Gasteiger partial charge < -0.3 is 9.64 Å². The average Bonchev–Trinajstić information content (AvgIpc) is 3.20. The van der Waals surface area contributed by atoms with Gasteiger partial charge in [0.05, 0.1) is 0 Å². The predicted octanol–water partition coefficient (Wildman–Crippen LogP) is 2.17. The minimum Gasteiger partial charge on any atom is -0.454 e. The molecular weight excluding hydrogens is 370 g/mol. The van der Waals surface area contributed by atoms with E-state index in [-0.39, 0.29) is 19.1 Å². The fourth-order valence-electron chi connectivity index (χ4n) is 3.30. The van der Waals surface area contributed by atoms with Crippen LogP contribution in [0.4, 0.5) is 5.69 Å². The zero-order valence-electron chi connectivity index (χ0n) is 16.1. The molecule has 1 aromatic heterocycles. The number of aryl methyl sites for hydroxylation is 2. The van der Waals surface area contributed by atoms with Crippen molar-refractivity contribution in [3.63, 3.8) is 0 Å². The molecule has 0 aliphatic carbocycles. The molecule has 0 unspecified atom stereocenters. The highest BCUT2D eigenvalue weighted by Gasteiger charge is 2.23. The van der Waals surface area contributed by atoms with Gasteiger partial charge in [0.2, 0.25) is 5.82 Å². The topological polar surface area (TPSA) is 90.2 Å². The number of carbonyl (C=O) groups excluding carboxylic acids is 2. The van der Waals surface area contributed by atoms with Crippen molar-refractivity contribution in [3.05, 3.63) is 59.7 Å². The summed E-state index contributed by atoms with van der Waals surface area (Å²) in [5, 5.41) is 12.0. The molecule has 1 aliphatic heterocycles. The van der Waals surface area contributed by atoms with E-state index in [4.69, 9.17) is 4.74 Å². The first-order valence-corrected chi connectivity index (χ1v) is 9.49. The molecule has 0 bridgehead atoms. The van der Waals surface area contributed by atoms with Crippen LogP contribution in [-0.2, 0) is 27.3 Å². The molecule has 0 saturated heterocycles. The number of ether oxygens (including phenoxy) is 1. The molecule has 1 aliphatic rings. The lowest BCUT2D eigenvalue weighted by Crippen LogP contribution is -2.38. The monoisotopic (exact) mass is 391 g/mol. The van der Waals surface area contributed by atoms with Crippen molar-refractivity contribution in [3.8, 4) is 11.4 Å². The third-order valence-corrected chi connectivity index (χ3v) is 4.80. The fourth-order valence-corrected chi connectivity index (χ4v) is 3.30. The number of fused-ring (bicyclic) bond motifs is 1. The van der Waals surface area contributed by atoms with Crippen molar-refractivity contribution in [2.24, 2.45) is 0 Å². The number of aromatic nitrogens is 4. The fraction of sp³-hybridized carbons (Fsp3) is 0.286. The van der Waals surface area contributed by atoms with Crippen molar-refractivity contribution in [1.82, 2.24) is 20.2 Å². The summed E-state index contributed by atoms with van der Waals surface area (Å²) in [6, 6.07) is 15.5. The van der Waals surface area contributed by atoms with Crippen LogP contribution in [0.5, 0.6) is 0 Å². The Morgan fingerprint density at radius 1 is 1.10 bits per heavy atom. The average molecular weight is 391 g/mol. The molecule has 8 heteroatoms. The smallest absolute Gasteiger partial charge is 0.330 e. The van der Waals surface area contributed by atoms with E-state index in [0.717, 1.165) is 40.0 Å². The summed E-state index contributed by atoms with van der Waals surface area (Å²) in [5.41, 5.74) is 3.97. The Balaban J connectivity index is 1.33. The van der Waals surface area contributed by atoms with Crippen LogP contribution in [0.1, 0.15) is 17.5 Å². The van der Waals surface area contributed by atoms with Gasteiger partial charge in [0.1, 0.15) is 0 Å². The number of amides is 1. The number of para-hydroxylation sites is 1. The molecular formula is C21H21N5O3. The van der Waals surface area contributed by atoms with Crippen molar-refractivity contribution < 1.29 is 14.3 Å². The van der Waals surface area contributed by atoms with Gasteiger partial charge in [-0.15, -0.1) is 10.2 Å². The molecule has 29 heavy (non-hydrogen) atoms. The Morgan fingerprint density at radius 2 is 1.90 bits per heavy atom. The zero-order chi connectivity index (χ0) is 20.2. The minimum absolute atomic E-state index is 0.206. The molecule has 1 amide bonds. The van der Waals surface area contributed by atoms with E-state index < -0.39 is 5.97 Å². The third-order valence-electron chi connectivity index (χ3n) is 4.80. The molecule has 0 fully saturated rings. The number of nitrogens with zero attached hydrogens (tertiary/aromatic N) is 5. The van der Waals surface area contributed by atoms with E-state index in [1.54, 1.807) is 4.90 Å². The molecule has 2 heterocycles. The normalized spacial score (nSPS) is 13.1. The molecule has 148 valence electrons. The molecule has 0 N–H and O–H groups in total. The molecule has 8 nitrogen and oxygen atoms in total. The van der Waals surface area contributed by atoms with Gasteiger partial charge in [-0.25, -0.2) is 4.79 Å². The summed E-state index contributed by atoms with van der Waals surface area (Å²) in [7, 11) is 0. The Bertz CT molecular complexity index is 1030. The van der Waals surface area contributed by atoms with E-state index in [2.05, 4.69) is 15.4 Å². The second-order valence-corrected chi connectivity index (χ2v) is 6.95. The number of benzene rings is 2. The molecule has 0 spiro atoms. The Hall–Kier alpha value is -3.55. The summed E-state index contributed by atoms with van der Waals surface area (Å²) in [5.74, 6) is -0.396. The lowest BCUT2D eigenvalue weighted by molar-refractivity contribution is -0.148. The Kier molecular flexibility index (Phi) is 5.33. The van der Waals surface area contributed by atoms with Crippen LogP contribution in [0.15, 0.2) is 48.5 Å². The number of rotatable bonds is 5. The highest BCUT2D eigenvalue weighted by atomic mass is 16.5. The highest BCUT2D eigenvalue weighted by Crippen LogP contribution is 2.26. The quantitative estimate of drug-likeness (QED) is 0.619. The maximum Gasteiger partial charge on any atom is 0.330 e. The van der Waals surface area contributed by atoms with Crippen LogP contribution in [-0.4, -0.2) is 45.2 Å². The van der Waals surface area contributed by atoms with Gasteiger partial charge in [0.15, 0.2) is 13.2 Å². The van der Waals surface area contributed by atoms with Gasteiger partial charge in [0, 0.05) is 17.8 Å². The number of tetrazole rings is 1. The Labute approximate surface area is 168 Å². The second kappa shape index (κ2) is 8.22. The van der Waals surface area contributed by atoms with E-state index >= 15 is 0 Å². The van der Waals surface area contributed by atoms with Gasteiger partial charge in [-0.2, -0.15) is 4.80 Å². The molecule has 4 rings (SSSR count). The van der Waals surface area contributed by atoms with Crippen LogP contribution >= 0.6 is 0 Å². The standard InChI is InChI=1S/C21H21N5O3/c1-15-8-10-17(11-9-15)21-22-24-26(23-21)13-20(28)29-14-19(27)25-12-4-6-16-5-2-3-7-18(16)25/h2-3,5,7-11H,4,6,12-14H2,1H3. The lowest BCUT2D eigenvalue weighted by atomic mass is 10.0. The lowest BCUT2D eigenvalue weighted by Gasteiger charge is -2.29. The van der Waals surface area contributed by atoms with Crippen LogP contribution in [0.25, 0.3) is 11.4 Å². The van der Waals surface area contributed by atoms with Gasteiger partial charge in [-0.1, -0.05) is 48.0 Å². The molecule has 0 saturated carbocycles. The Morgan fingerprint density at radius 3 is 2.72 bits per heavy atom. The predicted molar refractivity (Wildman–Crippen MR) is 106 cm³/mol. The van der Waals surface area contributed by atoms with Crippen molar-refractivity contribution in [2.75, 3.05) is 18.1 Å². The van der Waals surface area contributed by atoms with Crippen LogP contribution in [0.2, 0.25) is 0 Å². The first-order chi connectivity index (χ1) is 14.1. The zero-order valence-corrected chi connectivity index (χ0v) is 16.1. The van der Waals surface area contributed by atoms with E-state index in [0.29, 0.717) is 12.4 Å². The summed E-state index contributed by atoms with van der Waals surface area (Å²) in [4.78, 5) is 27.5. The summed E-state index contributed by atoms with van der Waals surface area (Å²) in [6.45, 7) is 2.10. The molecule has 0 atom stereocenters. The van der Waals surface area contributed by atoms with Crippen LogP contribution in [0, 0.1) is 6.92 Å². The van der Waals surface area contributed by atoms with Gasteiger partial charge >= 0.3 is 5.97 Å². The van der Waals surface area contributed by atoms with Crippen LogP contribution < -0.4 is 4.90 Å². The summed E-state index contributed by atoms with van der Waals surface area (Å²) in [6.07, 6.45) is 1.84. The third kappa shape index (κ3) is 4.31. The maximum atomic E-state index is 12.5. The van der Waals surface area contributed by atoms with Crippen molar-refractivity contribution in [1.29, 1.82) is 0 Å². The number of hydrogen-bond donors (Lipinski definition) is 0.